The molecule has 0 saturated carbocycles. The highest BCUT2D eigenvalue weighted by Crippen LogP contribution is 2.33. The molecule has 0 spiro atoms. The van der Waals surface area contributed by atoms with Crippen LogP contribution in [0.4, 0.5) is 11.4 Å². The maximum Gasteiger partial charge on any atom is 0.305 e. The van der Waals surface area contributed by atoms with Crippen LogP contribution in [0.15, 0.2) is 78.0 Å². The number of nitrogens with one attached hydrogen (secondary N) is 2. The van der Waals surface area contributed by atoms with Crippen LogP contribution < -0.4 is 15.5 Å². The number of carboxylic acids is 1. The van der Waals surface area contributed by atoms with Crippen LogP contribution in [0, 0.1) is 0 Å². The third-order valence-corrected chi connectivity index (χ3v) is 10.9. The van der Waals surface area contributed by atoms with Crippen molar-refractivity contribution in [2.45, 2.75) is 63.8 Å². The first-order chi connectivity index (χ1) is 29.8. The lowest BCUT2D eigenvalue weighted by Gasteiger charge is -2.29. The lowest BCUT2D eigenvalue weighted by Crippen LogP contribution is -2.32. The molecule has 0 unspecified atom stereocenters. The summed E-state index contributed by atoms with van der Waals surface area (Å²) in [7, 11) is 1.70. The number of aliphatic carboxylic acids is 1. The van der Waals surface area contributed by atoms with Crippen LogP contribution in [-0.4, -0.2) is 123 Å². The maximum absolute atomic E-state index is 13.9. The van der Waals surface area contributed by atoms with Crippen molar-refractivity contribution in [3.63, 3.8) is 0 Å². The Balaban J connectivity index is 1.03. The van der Waals surface area contributed by atoms with Gasteiger partial charge in [-0.2, -0.15) is 0 Å². The third kappa shape index (κ3) is 13.5. The molecule has 3 amide bonds. The fourth-order valence-corrected chi connectivity index (χ4v) is 7.60. The second-order valence-electron chi connectivity index (χ2n) is 15.3. The van der Waals surface area contributed by atoms with Crippen LogP contribution in [0.5, 0.6) is 0 Å². The standard InChI is InChI=1S/C46H58N6O9/c1-51(22-24-59-26-28-61-30-29-60-27-25-58-23-18-42(53)54)46(57)35-12-7-11-34(31-35)44(55)49-40-16-15-36(52-20-5-2-6-21-52)32-38(40)43-47-19-17-41(48-43)45(56)50-39-14-8-10-33-9-3-4-13-37(33)39/h3-4,9,12-13,15-17,19,31-32,39H,2,5-8,10-11,14,18,20-30H2,1H3,(H,49,55)(H,50,56)(H,53,54)/t39-/m0/s1. The first-order valence-electron chi connectivity index (χ1n) is 21.4. The smallest absolute Gasteiger partial charge is 0.305 e. The average Bonchev–Trinajstić information content (AvgIpc) is 3.29. The molecule has 2 aromatic carbocycles. The molecule has 6 rings (SSSR count). The Hall–Kier alpha value is -5.48. The summed E-state index contributed by atoms with van der Waals surface area (Å²) in [6.45, 7) is 4.85. The van der Waals surface area contributed by atoms with E-state index in [1.807, 2.05) is 36.4 Å². The fourth-order valence-electron chi connectivity index (χ4n) is 7.60. The number of carbonyl (C=O) groups excluding carboxylic acids is 3. The molecular weight excluding hydrogens is 781 g/mol. The van der Waals surface area contributed by atoms with Gasteiger partial charge in [-0.05, 0) is 92.8 Å². The van der Waals surface area contributed by atoms with Crippen LogP contribution in [0.3, 0.4) is 0 Å². The zero-order valence-corrected chi connectivity index (χ0v) is 35.1. The summed E-state index contributed by atoms with van der Waals surface area (Å²) in [5, 5.41) is 14.9. The molecular formula is C46H58N6O9. The van der Waals surface area contributed by atoms with Crippen molar-refractivity contribution in [3.05, 3.63) is 94.8 Å². The second-order valence-corrected chi connectivity index (χ2v) is 15.3. The van der Waals surface area contributed by atoms with Crippen molar-refractivity contribution in [1.29, 1.82) is 0 Å². The molecule has 15 nitrogen and oxygen atoms in total. The largest absolute Gasteiger partial charge is 0.481 e. The average molecular weight is 839 g/mol. The number of aryl methyl sites for hydroxylation is 1. The molecule has 3 aliphatic rings. The Labute approximate surface area is 357 Å². The van der Waals surface area contributed by atoms with Crippen molar-refractivity contribution in [2.24, 2.45) is 0 Å². The highest BCUT2D eigenvalue weighted by molar-refractivity contribution is 6.08. The summed E-state index contributed by atoms with van der Waals surface area (Å²) in [4.78, 5) is 64.7. The van der Waals surface area contributed by atoms with Gasteiger partial charge in [-0.1, -0.05) is 30.3 Å². The number of amides is 3. The number of allylic oxidation sites excluding steroid dienone is 1. The Morgan fingerprint density at radius 3 is 2.31 bits per heavy atom. The van der Waals surface area contributed by atoms with E-state index in [0.29, 0.717) is 93.9 Å². The quantitative estimate of drug-likeness (QED) is 0.108. The molecule has 2 heterocycles. The van der Waals surface area contributed by atoms with Crippen molar-refractivity contribution in [3.8, 4) is 11.4 Å². The predicted octanol–water partition coefficient (Wildman–Crippen LogP) is 5.53. The zero-order chi connectivity index (χ0) is 42.8. The minimum Gasteiger partial charge on any atom is -0.481 e. The molecule has 0 bridgehead atoms. The highest BCUT2D eigenvalue weighted by atomic mass is 16.6. The number of nitrogens with zero attached hydrogens (tertiary/aromatic N) is 4. The van der Waals surface area contributed by atoms with Gasteiger partial charge in [-0.15, -0.1) is 0 Å². The van der Waals surface area contributed by atoms with Gasteiger partial charge in [-0.25, -0.2) is 9.97 Å². The van der Waals surface area contributed by atoms with E-state index in [-0.39, 0.29) is 42.5 Å². The molecule has 1 aliphatic heterocycles. The normalized spacial score (nSPS) is 16.2. The molecule has 2 aliphatic carbocycles. The van der Waals surface area contributed by atoms with Crippen LogP contribution in [-0.2, 0) is 39.8 Å². The van der Waals surface area contributed by atoms with Gasteiger partial charge in [0.2, 0.25) is 0 Å². The van der Waals surface area contributed by atoms with Gasteiger partial charge in [0.1, 0.15) is 5.69 Å². The highest BCUT2D eigenvalue weighted by Gasteiger charge is 2.25. The number of likely N-dealkylation sites (N-methyl/N-ethyl adjacent to an activating group) is 1. The number of aromatic nitrogens is 2. The Morgan fingerprint density at radius 2 is 1.56 bits per heavy atom. The number of carbonyl (C=O) groups is 4. The summed E-state index contributed by atoms with van der Waals surface area (Å²) in [6.07, 6.45) is 12.3. The first-order valence-corrected chi connectivity index (χ1v) is 21.4. The van der Waals surface area contributed by atoms with Crippen LogP contribution in [0.25, 0.3) is 11.4 Å². The number of hydrogen-bond donors (Lipinski definition) is 3. The molecule has 15 heteroatoms. The van der Waals surface area contributed by atoms with Crippen molar-refractivity contribution in [1.82, 2.24) is 20.2 Å². The minimum absolute atomic E-state index is 0.0340. The molecule has 1 fully saturated rings. The van der Waals surface area contributed by atoms with Gasteiger partial charge >= 0.3 is 5.97 Å². The third-order valence-electron chi connectivity index (χ3n) is 10.9. The van der Waals surface area contributed by atoms with Gasteiger partial charge in [0.15, 0.2) is 5.82 Å². The van der Waals surface area contributed by atoms with E-state index in [9.17, 15) is 19.2 Å². The Morgan fingerprint density at radius 1 is 0.836 bits per heavy atom. The summed E-state index contributed by atoms with van der Waals surface area (Å²) < 4.78 is 21.7. The van der Waals surface area contributed by atoms with E-state index in [0.717, 1.165) is 56.4 Å². The lowest BCUT2D eigenvalue weighted by molar-refractivity contribution is -0.138. The van der Waals surface area contributed by atoms with Crippen LogP contribution in [0.2, 0.25) is 0 Å². The molecule has 1 aromatic heterocycles. The number of benzene rings is 2. The van der Waals surface area contributed by atoms with Gasteiger partial charge in [0, 0.05) is 55.3 Å². The topological polar surface area (TPSA) is 182 Å². The van der Waals surface area contributed by atoms with E-state index in [2.05, 4.69) is 32.7 Å². The maximum atomic E-state index is 13.9. The first kappa shape index (κ1) is 45.1. The number of piperidine rings is 1. The van der Waals surface area contributed by atoms with Crippen molar-refractivity contribution < 1.29 is 43.2 Å². The van der Waals surface area contributed by atoms with E-state index >= 15 is 0 Å². The number of fused-ring (bicyclic) bond motifs is 1. The summed E-state index contributed by atoms with van der Waals surface area (Å²) in [6, 6.07) is 15.6. The number of carboxylic acid groups (broad SMARTS) is 1. The number of anilines is 2. The summed E-state index contributed by atoms with van der Waals surface area (Å²) in [5.74, 6) is -1.38. The Bertz CT molecular complexity index is 2030. The van der Waals surface area contributed by atoms with E-state index in [1.54, 1.807) is 30.3 Å². The Kier molecular flexibility index (Phi) is 17.4. The van der Waals surface area contributed by atoms with Crippen molar-refractivity contribution in [2.75, 3.05) is 89.8 Å². The molecule has 1 atom stereocenters. The van der Waals surface area contributed by atoms with Crippen LogP contribution >= 0.6 is 0 Å². The zero-order valence-electron chi connectivity index (χ0n) is 35.1. The van der Waals surface area contributed by atoms with E-state index < -0.39 is 5.97 Å². The molecule has 326 valence electrons. The number of ether oxygens (including phenoxy) is 4. The molecule has 3 aromatic rings. The van der Waals surface area contributed by atoms with Crippen LogP contribution in [0.1, 0.15) is 79.0 Å². The molecule has 0 radical (unpaired) electrons. The molecule has 3 N–H and O–H groups in total. The number of hydrogen-bond acceptors (Lipinski definition) is 11. The lowest BCUT2D eigenvalue weighted by atomic mass is 9.87. The van der Waals surface area contributed by atoms with Gasteiger partial charge in [-0.3, -0.25) is 19.2 Å². The second kappa shape index (κ2) is 23.5. The van der Waals surface area contributed by atoms with Gasteiger partial charge in [0.05, 0.1) is 71.0 Å². The molecule has 1 saturated heterocycles. The minimum atomic E-state index is -0.897. The monoisotopic (exact) mass is 838 g/mol. The SMILES string of the molecule is CN(CCOCCOCCOCCOCCC(=O)O)C(=O)C1=CCCC(C(=O)Nc2ccc(N3CCCCC3)cc2-c2nccc(C(=O)N[C@H]3CCCc4ccccc43)n2)=C1. The van der Waals surface area contributed by atoms with Crippen molar-refractivity contribution >= 4 is 35.1 Å². The van der Waals surface area contributed by atoms with E-state index in [1.165, 1.54) is 12.0 Å². The van der Waals surface area contributed by atoms with Gasteiger partial charge < -0.3 is 44.5 Å². The summed E-state index contributed by atoms with van der Waals surface area (Å²) >= 11 is 0. The van der Waals surface area contributed by atoms with E-state index in [4.69, 9.17) is 29.0 Å². The van der Waals surface area contributed by atoms with Gasteiger partial charge in [0.25, 0.3) is 17.7 Å². The fraction of sp³-hybridized carbons (Fsp3) is 0.478. The predicted molar refractivity (Wildman–Crippen MR) is 230 cm³/mol. The summed E-state index contributed by atoms with van der Waals surface area (Å²) in [5.41, 5.74) is 5.68. The number of rotatable bonds is 22. The molecule has 61 heavy (non-hydrogen) atoms.